The van der Waals surface area contributed by atoms with Gasteiger partial charge < -0.3 is 15.7 Å². The van der Waals surface area contributed by atoms with Crippen molar-refractivity contribution < 1.29 is 14.7 Å². The number of fused-ring (bicyclic) bond motifs is 1. The van der Waals surface area contributed by atoms with Crippen LogP contribution in [0.15, 0.2) is 0 Å². The van der Waals surface area contributed by atoms with Gasteiger partial charge in [-0.25, -0.2) is 4.79 Å². The third-order valence-electron chi connectivity index (χ3n) is 3.07. The molecule has 2 saturated heterocycles. The number of carbonyl (C=O) groups is 2. The van der Waals surface area contributed by atoms with Gasteiger partial charge >= 0.3 is 12.0 Å². The quantitative estimate of drug-likeness (QED) is 0.495. The highest BCUT2D eigenvalue weighted by Crippen LogP contribution is 2.33. The van der Waals surface area contributed by atoms with Crippen LogP contribution in [0.1, 0.15) is 25.7 Å². The fraction of sp³-hybridized carbons (Fsp3) is 0.800. The van der Waals surface area contributed by atoms with E-state index in [0.29, 0.717) is 5.25 Å². The molecule has 0 aromatic rings. The molecular weight excluding hydrogens is 230 g/mol. The topological polar surface area (TPSA) is 78.4 Å². The highest BCUT2D eigenvalue weighted by molar-refractivity contribution is 8.00. The van der Waals surface area contributed by atoms with Crippen molar-refractivity contribution in [2.24, 2.45) is 0 Å². The maximum atomic E-state index is 11.1. The molecule has 0 unspecified atom stereocenters. The molecule has 2 aliphatic heterocycles. The lowest BCUT2D eigenvalue weighted by Crippen LogP contribution is -2.36. The number of aliphatic carboxylic acids is 1. The molecule has 16 heavy (non-hydrogen) atoms. The standard InChI is InChI=1S/C10H16N2O3S/c13-8(14)4-2-1-3-7-9-6(5-16-7)11-10(15)12-9/h6-7,9H,1-5H2,(H,13,14)(H2,11,12,15)/t6-,7-,9-/m0/s1/i13+1,14+1. The van der Waals surface area contributed by atoms with Gasteiger partial charge in [0.2, 0.25) is 0 Å². The van der Waals surface area contributed by atoms with Crippen LogP contribution in [0.2, 0.25) is 0 Å². The Bertz CT molecular complexity index is 298. The van der Waals surface area contributed by atoms with Crippen LogP contribution < -0.4 is 10.6 Å². The average molecular weight is 246 g/mol. The Labute approximate surface area is 98.4 Å². The molecule has 0 aromatic heterocycles. The van der Waals surface area contributed by atoms with E-state index in [2.05, 4.69) is 10.6 Å². The van der Waals surface area contributed by atoms with E-state index in [0.717, 1.165) is 25.0 Å². The van der Waals surface area contributed by atoms with E-state index in [1.807, 2.05) is 11.8 Å². The second-order valence-electron chi connectivity index (χ2n) is 4.26. The molecule has 0 aliphatic carbocycles. The van der Waals surface area contributed by atoms with Gasteiger partial charge in [0.05, 0.1) is 12.1 Å². The first-order valence-electron chi connectivity index (χ1n) is 5.57. The van der Waals surface area contributed by atoms with Gasteiger partial charge in [-0.15, -0.1) is 0 Å². The van der Waals surface area contributed by atoms with Crippen molar-refractivity contribution in [3.8, 4) is 0 Å². The predicted molar refractivity (Wildman–Crippen MR) is 61.6 cm³/mol. The Balaban J connectivity index is 1.70. The average Bonchev–Trinajstić information content (AvgIpc) is 2.72. The van der Waals surface area contributed by atoms with Crippen molar-refractivity contribution in [3.63, 3.8) is 0 Å². The molecule has 2 fully saturated rings. The number of nitrogens with one attached hydrogen (secondary N) is 2. The van der Waals surface area contributed by atoms with Crippen molar-refractivity contribution in [1.82, 2.24) is 10.6 Å². The first kappa shape index (κ1) is 11.6. The van der Waals surface area contributed by atoms with Gasteiger partial charge in [-0.05, 0) is 12.8 Å². The number of carboxylic acids is 1. The van der Waals surface area contributed by atoms with E-state index < -0.39 is 5.97 Å². The number of hydrogen-bond donors (Lipinski definition) is 3. The summed E-state index contributed by atoms with van der Waals surface area (Å²) in [6.45, 7) is 0. The molecule has 90 valence electrons. The van der Waals surface area contributed by atoms with Crippen LogP contribution in [0.5, 0.6) is 0 Å². The van der Waals surface area contributed by atoms with Crippen LogP contribution in [-0.2, 0) is 4.79 Å². The van der Waals surface area contributed by atoms with Gasteiger partial charge in [0.15, 0.2) is 0 Å². The zero-order valence-corrected chi connectivity index (χ0v) is 9.76. The molecule has 2 rings (SSSR count). The summed E-state index contributed by atoms with van der Waals surface area (Å²) < 4.78 is 0. The van der Waals surface area contributed by atoms with E-state index in [-0.39, 0.29) is 24.5 Å². The van der Waals surface area contributed by atoms with Crippen molar-refractivity contribution >= 4 is 23.8 Å². The summed E-state index contributed by atoms with van der Waals surface area (Å²) in [5.41, 5.74) is 0. The van der Waals surface area contributed by atoms with Crippen LogP contribution in [0.3, 0.4) is 0 Å². The molecule has 6 heteroatoms. The molecule has 2 amide bonds. The predicted octanol–water partition coefficient (Wildman–Crippen LogP) is 0.797. The molecule has 0 saturated carbocycles. The minimum absolute atomic E-state index is 0.0640. The summed E-state index contributed by atoms with van der Waals surface area (Å²) in [6.07, 6.45) is 2.88. The Morgan fingerprint density at radius 2 is 2.31 bits per heavy atom. The molecule has 5 nitrogen and oxygen atoms in total. The fourth-order valence-electron chi connectivity index (χ4n) is 2.26. The molecule has 0 aromatic carbocycles. The van der Waals surface area contributed by atoms with Gasteiger partial charge in [0.1, 0.15) is 0 Å². The second-order valence-corrected chi connectivity index (χ2v) is 5.53. The zero-order chi connectivity index (χ0) is 11.5. The Kier molecular flexibility index (Phi) is 3.58. The molecule has 0 radical (unpaired) electrons. The van der Waals surface area contributed by atoms with Gasteiger partial charge in [-0.2, -0.15) is 11.8 Å². The van der Waals surface area contributed by atoms with Crippen LogP contribution in [0, 0.1) is 0 Å². The number of unbranched alkanes of at least 4 members (excludes halogenated alkanes) is 1. The molecule has 0 spiro atoms. The minimum atomic E-state index is -0.729. The Morgan fingerprint density at radius 1 is 1.50 bits per heavy atom. The van der Waals surface area contributed by atoms with Crippen LogP contribution in [0.4, 0.5) is 4.79 Å². The van der Waals surface area contributed by atoms with Crippen molar-refractivity contribution in [1.29, 1.82) is 0 Å². The Hall–Kier alpha value is -0.910. The first-order valence-corrected chi connectivity index (χ1v) is 6.62. The molecule has 2 aliphatic rings. The maximum Gasteiger partial charge on any atom is 0.315 e. The highest BCUT2D eigenvalue weighted by atomic mass is 32.2. The van der Waals surface area contributed by atoms with Gasteiger partial charge in [-0.1, -0.05) is 6.42 Å². The summed E-state index contributed by atoms with van der Waals surface area (Å²) in [6, 6.07) is 0.440. The van der Waals surface area contributed by atoms with Crippen molar-refractivity contribution in [3.05, 3.63) is 0 Å². The summed E-state index contributed by atoms with van der Waals surface area (Å²) in [5.74, 6) is 0.236. The molecule has 0 bridgehead atoms. The van der Waals surface area contributed by atoms with Crippen LogP contribution >= 0.6 is 11.8 Å². The van der Waals surface area contributed by atoms with Crippen molar-refractivity contribution in [2.45, 2.75) is 43.0 Å². The number of thioether (sulfide) groups is 1. The lowest BCUT2D eigenvalue weighted by Gasteiger charge is -2.16. The normalized spacial score (nSPS) is 32.0. The smallest absolute Gasteiger partial charge is 0.315 e. The minimum Gasteiger partial charge on any atom is -0.481 e. The van der Waals surface area contributed by atoms with Crippen molar-refractivity contribution in [2.75, 3.05) is 5.75 Å². The lowest BCUT2D eigenvalue weighted by atomic mass is 10.0. The summed E-state index contributed by atoms with van der Waals surface area (Å²) in [4.78, 5) is 21.5. The number of rotatable bonds is 5. The first-order chi connectivity index (χ1) is 7.66. The van der Waals surface area contributed by atoms with E-state index in [1.165, 1.54) is 0 Å². The summed E-state index contributed by atoms with van der Waals surface area (Å²) >= 11 is 1.87. The van der Waals surface area contributed by atoms with E-state index in [9.17, 15) is 9.59 Å². The second kappa shape index (κ2) is 4.95. The SMILES string of the molecule is O=C1N[C@H]2[C@H](CS[C@H]2CCCCC(=[17O])[17OH])N1. The largest absolute Gasteiger partial charge is 0.481 e. The third-order valence-corrected chi connectivity index (χ3v) is 4.58. The number of hydrogen-bond acceptors (Lipinski definition) is 3. The summed E-state index contributed by atoms with van der Waals surface area (Å²) in [7, 11) is 0. The van der Waals surface area contributed by atoms with Gasteiger partial charge in [-0.3, -0.25) is 4.79 Å². The lowest BCUT2D eigenvalue weighted by molar-refractivity contribution is -0.137. The molecule has 3 atom stereocenters. The summed E-state index contributed by atoms with van der Waals surface area (Å²) in [5, 5.41) is 14.8. The maximum absolute atomic E-state index is 11.1. The van der Waals surface area contributed by atoms with Crippen LogP contribution in [-0.4, -0.2) is 40.2 Å². The van der Waals surface area contributed by atoms with Gasteiger partial charge in [0.25, 0.3) is 0 Å². The fourth-order valence-corrected chi connectivity index (χ4v) is 3.81. The molecular formula is C10H16N2O3S. The number of urea groups is 1. The number of amides is 2. The van der Waals surface area contributed by atoms with E-state index in [4.69, 9.17) is 5.11 Å². The van der Waals surface area contributed by atoms with Crippen LogP contribution in [0.25, 0.3) is 0 Å². The monoisotopic (exact) mass is 246 g/mol. The molecule has 2 heterocycles. The third kappa shape index (κ3) is 2.61. The van der Waals surface area contributed by atoms with E-state index in [1.54, 1.807) is 0 Å². The van der Waals surface area contributed by atoms with Gasteiger partial charge in [0, 0.05) is 17.4 Å². The van der Waals surface area contributed by atoms with E-state index >= 15 is 0 Å². The zero-order valence-electron chi connectivity index (χ0n) is 8.94. The Morgan fingerprint density at radius 3 is 3.06 bits per heavy atom. The number of carbonyl (C=O) groups excluding carboxylic acids is 1. The molecule has 3 N–H and O–H groups in total. The highest BCUT2D eigenvalue weighted by Gasteiger charge is 2.42. The number of carboxylic acid groups (broad SMARTS) is 1.